The molecule has 1 aromatic heterocycles. The molecular weight excluding hydrogens is 655 g/mol. The monoisotopic (exact) mass is 700 g/mol. The van der Waals surface area contributed by atoms with E-state index in [1.54, 1.807) is 0 Å². The molecule has 2 atom stereocenters. The van der Waals surface area contributed by atoms with Crippen molar-refractivity contribution in [1.29, 1.82) is 5.26 Å². The van der Waals surface area contributed by atoms with E-state index in [4.69, 9.17) is 9.15 Å². The van der Waals surface area contributed by atoms with Crippen molar-refractivity contribution < 1.29 is 18.7 Å². The number of nitriles is 1. The van der Waals surface area contributed by atoms with Gasteiger partial charge < -0.3 is 14.5 Å². The second-order valence-electron chi connectivity index (χ2n) is 13.7. The summed E-state index contributed by atoms with van der Waals surface area (Å²) in [6.45, 7) is 6.92. The maximum Gasteiger partial charge on any atom is 0.408 e. The molecule has 1 amide bonds. The fourth-order valence-corrected chi connectivity index (χ4v) is 10.2. The molecule has 0 bridgehead atoms. The third-order valence-corrected chi connectivity index (χ3v) is 13.1. The number of aromatic nitrogens is 2. The zero-order chi connectivity index (χ0) is 36.4. The molecule has 4 aromatic carbocycles. The van der Waals surface area contributed by atoms with Crippen LogP contribution in [0.15, 0.2) is 120 Å². The summed E-state index contributed by atoms with van der Waals surface area (Å²) in [5.74, 6) is 0.300. The molecule has 0 aliphatic rings. The van der Waals surface area contributed by atoms with Gasteiger partial charge in [-0.2, -0.15) is 5.26 Å². The van der Waals surface area contributed by atoms with E-state index in [-0.39, 0.29) is 11.7 Å². The summed E-state index contributed by atoms with van der Waals surface area (Å²) in [5.41, 5.74) is 1.42. The van der Waals surface area contributed by atoms with Gasteiger partial charge in [0.05, 0.1) is 12.5 Å². The van der Waals surface area contributed by atoms with Crippen molar-refractivity contribution >= 4 is 40.0 Å². The van der Waals surface area contributed by atoms with Crippen molar-refractivity contribution in [1.82, 2.24) is 15.5 Å². The summed E-state index contributed by atoms with van der Waals surface area (Å²) in [7, 11) is 0. The first kappa shape index (κ1) is 37.0. The van der Waals surface area contributed by atoms with Gasteiger partial charge >= 0.3 is 6.09 Å². The lowest BCUT2D eigenvalue weighted by atomic mass is 9.87. The molecule has 0 radical (unpaired) electrons. The number of carbonyl (C=O) groups excluding carboxylic acids is 2. The summed E-state index contributed by atoms with van der Waals surface area (Å²) in [4.78, 5) is 28.6. The average Bonchev–Trinajstić information content (AvgIpc) is 3.61. The van der Waals surface area contributed by atoms with Crippen LogP contribution in [0.25, 0.3) is 11.5 Å². The van der Waals surface area contributed by atoms with E-state index in [2.05, 4.69) is 21.6 Å². The first-order valence-electron chi connectivity index (χ1n) is 17.3. The summed E-state index contributed by atoms with van der Waals surface area (Å²) in [6, 6.07) is 38.4. The van der Waals surface area contributed by atoms with E-state index in [9.17, 15) is 14.9 Å². The number of unbranched alkanes of at least 4 members (excludes halogenated alkanes) is 1. The van der Waals surface area contributed by atoms with Crippen LogP contribution in [0, 0.1) is 23.7 Å². The van der Waals surface area contributed by atoms with Gasteiger partial charge in [0.15, 0.2) is 5.78 Å². The lowest BCUT2D eigenvalue weighted by Crippen LogP contribution is -2.47. The van der Waals surface area contributed by atoms with Crippen LogP contribution in [0.4, 0.5) is 4.79 Å². The van der Waals surface area contributed by atoms with Crippen molar-refractivity contribution in [3.63, 3.8) is 0 Å². The number of alkyl carbamates (subject to hydrolysis) is 1. The van der Waals surface area contributed by atoms with Gasteiger partial charge in [-0.15, -0.1) is 10.2 Å². The Morgan fingerprint density at radius 1 is 0.843 bits per heavy atom. The predicted octanol–water partition coefficient (Wildman–Crippen LogP) is 7.55. The lowest BCUT2D eigenvalue weighted by Gasteiger charge is -2.32. The Morgan fingerprint density at radius 2 is 1.37 bits per heavy atom. The normalized spacial score (nSPS) is 12.7. The van der Waals surface area contributed by atoms with Crippen LogP contribution in [0.2, 0.25) is 0 Å². The fraction of sp³-hybridized carbons (Fsp3) is 0.286. The third-order valence-electron chi connectivity index (χ3n) is 8.90. The number of ether oxygens (including phenoxy) is 1. The molecule has 5 aromatic rings. The molecule has 0 saturated carbocycles. The van der Waals surface area contributed by atoms with E-state index in [0.717, 1.165) is 33.5 Å². The van der Waals surface area contributed by atoms with Gasteiger partial charge in [0.2, 0.25) is 11.8 Å². The molecule has 51 heavy (non-hydrogen) atoms. The summed E-state index contributed by atoms with van der Waals surface area (Å²) in [6.07, 6.45) is 0.582. The Hall–Kier alpha value is -5.25. The minimum atomic E-state index is -2.99. The smallest absolute Gasteiger partial charge is 0.408 e. The number of carbonyl (C=O) groups is 2. The Morgan fingerprint density at radius 3 is 1.84 bits per heavy atom. The van der Waals surface area contributed by atoms with Gasteiger partial charge in [-0.05, 0) is 53.7 Å². The topological polar surface area (TPSA) is 118 Å². The SMILES string of the molecule is CCCC[C@H](NC(=O)O[C@@H](Cc1nnc(-c2ccc(C)cc2)o1)C(C)(C)C)C(=O)C(C#N)=P(c1ccccc1)(c1ccccc1)c1ccccc1. The number of nitrogens with one attached hydrogen (secondary N) is 1. The maximum atomic E-state index is 14.9. The summed E-state index contributed by atoms with van der Waals surface area (Å²) in [5, 5.41) is 25.1. The molecule has 9 heteroatoms. The van der Waals surface area contributed by atoms with Crippen LogP contribution in [-0.4, -0.2) is 39.5 Å². The number of nitrogens with zero attached hydrogens (tertiary/aromatic N) is 3. The molecule has 5 rings (SSSR count). The van der Waals surface area contributed by atoms with E-state index < -0.39 is 36.3 Å². The van der Waals surface area contributed by atoms with E-state index in [1.165, 1.54) is 0 Å². The molecule has 0 fully saturated rings. The standard InChI is InChI=1S/C42H45N4O4P/c1-6-7-23-35(44-41(48)49-37(42(3,4)5)28-38-45-46-40(50-38)31-26-24-30(2)25-27-31)39(47)36(29-43)51(32-17-11-8-12-18-32,33-19-13-9-14-20-33)34-21-15-10-16-22-34/h8-22,24-27,35,37H,6-7,23,28H2,1-5H3,(H,44,48)/t35-,37-/m0/s1. The van der Waals surface area contributed by atoms with Crippen LogP contribution in [-0.2, 0) is 16.0 Å². The number of rotatable bonds is 13. The van der Waals surface area contributed by atoms with E-state index in [1.807, 2.05) is 150 Å². The number of benzene rings is 4. The molecule has 1 N–H and O–H groups in total. The molecule has 8 nitrogen and oxygen atoms in total. The van der Waals surface area contributed by atoms with Crippen LogP contribution < -0.4 is 21.2 Å². The zero-order valence-electron chi connectivity index (χ0n) is 29.9. The lowest BCUT2D eigenvalue weighted by molar-refractivity contribution is -0.114. The van der Waals surface area contributed by atoms with Gasteiger partial charge in [-0.25, -0.2) is 4.79 Å². The number of amides is 1. The molecule has 0 spiro atoms. The highest BCUT2D eigenvalue weighted by molar-refractivity contribution is 7.97. The molecule has 0 unspecified atom stereocenters. The summed E-state index contributed by atoms with van der Waals surface area (Å²) < 4.78 is 12.0. The van der Waals surface area contributed by atoms with Crippen LogP contribution in [0.3, 0.4) is 0 Å². The quantitative estimate of drug-likeness (QED) is 0.126. The molecule has 0 aliphatic heterocycles. The molecule has 1 heterocycles. The van der Waals surface area contributed by atoms with E-state index in [0.29, 0.717) is 24.6 Å². The van der Waals surface area contributed by atoms with Crippen LogP contribution >= 0.6 is 6.89 Å². The predicted molar refractivity (Wildman–Crippen MR) is 205 cm³/mol. The van der Waals surface area contributed by atoms with Gasteiger partial charge in [-0.1, -0.05) is 149 Å². The Bertz CT molecular complexity index is 1910. The number of aryl methyl sites for hydroxylation is 1. The number of Topliss-reactive ketones (excluding diaryl/α,β-unsaturated/α-hetero) is 1. The largest absolute Gasteiger partial charge is 0.445 e. The van der Waals surface area contributed by atoms with E-state index >= 15 is 0 Å². The Balaban J connectivity index is 1.51. The van der Waals surface area contributed by atoms with Gasteiger partial charge in [0.1, 0.15) is 17.5 Å². The molecule has 0 aliphatic carbocycles. The summed E-state index contributed by atoms with van der Waals surface area (Å²) >= 11 is 0. The van der Waals surface area contributed by atoms with Crippen LogP contribution in [0.1, 0.15) is 58.4 Å². The number of hydrogen-bond donors (Lipinski definition) is 1. The minimum absolute atomic E-state index is 0.120. The number of hydrogen-bond acceptors (Lipinski definition) is 7. The fourth-order valence-electron chi connectivity index (χ4n) is 6.06. The first-order chi connectivity index (χ1) is 24.6. The second kappa shape index (κ2) is 16.6. The number of ketones is 1. The van der Waals surface area contributed by atoms with Gasteiger partial charge in [-0.3, -0.25) is 4.79 Å². The van der Waals surface area contributed by atoms with Crippen molar-refractivity contribution in [3.8, 4) is 17.5 Å². The first-order valence-corrected chi connectivity index (χ1v) is 19.1. The zero-order valence-corrected chi connectivity index (χ0v) is 30.8. The average molecular weight is 701 g/mol. The Labute approximate surface area is 300 Å². The highest BCUT2D eigenvalue weighted by Crippen LogP contribution is 2.46. The second-order valence-corrected chi connectivity index (χ2v) is 17.0. The van der Waals surface area contributed by atoms with Crippen molar-refractivity contribution in [2.24, 2.45) is 5.41 Å². The highest BCUT2D eigenvalue weighted by Gasteiger charge is 2.37. The van der Waals surface area contributed by atoms with Gasteiger partial charge in [0, 0.05) is 5.56 Å². The maximum absolute atomic E-state index is 14.9. The van der Waals surface area contributed by atoms with Crippen LogP contribution in [0.5, 0.6) is 0 Å². The van der Waals surface area contributed by atoms with Crippen molar-refractivity contribution in [2.75, 3.05) is 0 Å². The molecular formula is C42H45N4O4P. The minimum Gasteiger partial charge on any atom is -0.445 e. The molecule has 0 saturated heterocycles. The Kier molecular flexibility index (Phi) is 12.1. The third kappa shape index (κ3) is 8.56. The van der Waals surface area contributed by atoms with Crippen molar-refractivity contribution in [3.05, 3.63) is 127 Å². The molecule has 262 valence electrons. The highest BCUT2D eigenvalue weighted by atomic mass is 31.2. The van der Waals surface area contributed by atoms with Crippen molar-refractivity contribution in [2.45, 2.75) is 72.4 Å². The van der Waals surface area contributed by atoms with Gasteiger partial charge in [0.25, 0.3) is 0 Å².